The summed E-state index contributed by atoms with van der Waals surface area (Å²) in [6.45, 7) is 7.11. The van der Waals surface area contributed by atoms with Crippen molar-refractivity contribution in [2.45, 2.75) is 77.7 Å². The maximum atomic E-state index is 11.0. The molecule has 2 aliphatic carbocycles. The van der Waals surface area contributed by atoms with Gasteiger partial charge < -0.3 is 5.11 Å². The van der Waals surface area contributed by atoms with Crippen molar-refractivity contribution < 1.29 is 5.11 Å². The molecule has 0 radical (unpaired) electrons. The number of hydrogen-bond donors (Lipinski definition) is 1. The van der Waals surface area contributed by atoms with Gasteiger partial charge >= 0.3 is 0 Å². The summed E-state index contributed by atoms with van der Waals surface area (Å²) in [6.07, 6.45) is 12.2. The van der Waals surface area contributed by atoms with Gasteiger partial charge in [-0.15, -0.1) is 11.3 Å². The van der Waals surface area contributed by atoms with Crippen LogP contribution in [0.1, 0.15) is 88.3 Å². The quantitative estimate of drug-likeness (QED) is 0.788. The molecule has 24 heavy (non-hydrogen) atoms. The number of nitrogens with zero attached hydrogens (tertiary/aromatic N) is 2. The standard InChI is InChI=1S/C20H30N2OS/c1-20(2,3)15-8-4-13(5-9-15)10-16(23)18-19(14-6-7-14)24-17-11-21-12-22(17)18/h11-16,23H,4-10H2,1-3H3. The summed E-state index contributed by atoms with van der Waals surface area (Å²) in [6, 6.07) is 0. The van der Waals surface area contributed by atoms with E-state index >= 15 is 0 Å². The van der Waals surface area contributed by atoms with E-state index in [9.17, 15) is 5.11 Å². The predicted octanol–water partition coefficient (Wildman–Crippen LogP) is 5.55. The van der Waals surface area contributed by atoms with Gasteiger partial charge in [-0.05, 0) is 55.3 Å². The minimum absolute atomic E-state index is 0.334. The summed E-state index contributed by atoms with van der Waals surface area (Å²) in [5.41, 5.74) is 1.58. The van der Waals surface area contributed by atoms with Gasteiger partial charge in [0.1, 0.15) is 11.2 Å². The van der Waals surface area contributed by atoms with Gasteiger partial charge in [-0.25, -0.2) is 4.98 Å². The van der Waals surface area contributed by atoms with E-state index < -0.39 is 0 Å². The molecule has 2 saturated carbocycles. The molecule has 0 aliphatic heterocycles. The molecule has 2 heterocycles. The fraction of sp³-hybridized carbons (Fsp3) is 0.750. The number of imidazole rings is 1. The molecule has 1 atom stereocenters. The van der Waals surface area contributed by atoms with E-state index in [1.54, 1.807) is 0 Å². The second-order valence-corrected chi connectivity index (χ2v) is 10.1. The summed E-state index contributed by atoms with van der Waals surface area (Å²) in [7, 11) is 0. The summed E-state index contributed by atoms with van der Waals surface area (Å²) in [5, 5.41) is 11.0. The van der Waals surface area contributed by atoms with E-state index in [1.165, 1.54) is 48.2 Å². The maximum absolute atomic E-state index is 11.0. The first-order valence-electron chi connectivity index (χ1n) is 9.56. The first kappa shape index (κ1) is 16.6. The summed E-state index contributed by atoms with van der Waals surface area (Å²) in [4.78, 5) is 6.87. The molecule has 0 bridgehead atoms. The zero-order valence-electron chi connectivity index (χ0n) is 15.2. The lowest BCUT2D eigenvalue weighted by molar-refractivity contribution is 0.0962. The third-order valence-electron chi connectivity index (χ3n) is 6.22. The summed E-state index contributed by atoms with van der Waals surface area (Å²) < 4.78 is 2.14. The van der Waals surface area contributed by atoms with Crippen LogP contribution in [-0.2, 0) is 0 Å². The van der Waals surface area contributed by atoms with E-state index in [2.05, 4.69) is 30.2 Å². The van der Waals surface area contributed by atoms with Crippen molar-refractivity contribution in [2.24, 2.45) is 17.3 Å². The van der Waals surface area contributed by atoms with Crippen molar-refractivity contribution in [3.8, 4) is 0 Å². The van der Waals surface area contributed by atoms with Crippen molar-refractivity contribution in [2.75, 3.05) is 0 Å². The van der Waals surface area contributed by atoms with E-state index in [1.807, 2.05) is 23.9 Å². The number of aliphatic hydroxyl groups is 1. The smallest absolute Gasteiger partial charge is 0.120 e. The molecule has 0 spiro atoms. The topological polar surface area (TPSA) is 37.5 Å². The van der Waals surface area contributed by atoms with Gasteiger partial charge in [0.25, 0.3) is 0 Å². The van der Waals surface area contributed by atoms with Crippen molar-refractivity contribution in [1.82, 2.24) is 9.38 Å². The molecule has 2 aromatic rings. The van der Waals surface area contributed by atoms with Crippen molar-refractivity contribution >= 4 is 16.2 Å². The highest BCUT2D eigenvalue weighted by molar-refractivity contribution is 7.17. The fourth-order valence-corrected chi connectivity index (χ4v) is 5.80. The molecule has 2 fully saturated rings. The van der Waals surface area contributed by atoms with E-state index in [-0.39, 0.29) is 6.10 Å². The fourth-order valence-electron chi connectivity index (χ4n) is 4.48. The average Bonchev–Trinajstić information content (AvgIpc) is 3.15. The predicted molar refractivity (Wildman–Crippen MR) is 99.5 cm³/mol. The number of thiazole rings is 1. The van der Waals surface area contributed by atoms with Crippen LogP contribution >= 0.6 is 11.3 Å². The van der Waals surface area contributed by atoms with Crippen LogP contribution < -0.4 is 0 Å². The average molecular weight is 347 g/mol. The van der Waals surface area contributed by atoms with Crippen LogP contribution in [0.15, 0.2) is 12.5 Å². The molecular weight excluding hydrogens is 316 g/mol. The second-order valence-electron chi connectivity index (χ2n) is 9.06. The Kier molecular flexibility index (Phi) is 4.24. The van der Waals surface area contributed by atoms with Crippen LogP contribution in [0.5, 0.6) is 0 Å². The van der Waals surface area contributed by atoms with Crippen molar-refractivity contribution in [3.63, 3.8) is 0 Å². The minimum atomic E-state index is -0.334. The van der Waals surface area contributed by atoms with Crippen molar-refractivity contribution in [1.29, 1.82) is 0 Å². The SMILES string of the molecule is CC(C)(C)C1CCC(CC(O)c2c(C3CC3)sc3cncn23)CC1. The zero-order valence-corrected chi connectivity index (χ0v) is 16.0. The van der Waals surface area contributed by atoms with Gasteiger partial charge in [0.05, 0.1) is 18.0 Å². The zero-order chi connectivity index (χ0) is 16.9. The lowest BCUT2D eigenvalue weighted by Gasteiger charge is -2.37. The lowest BCUT2D eigenvalue weighted by atomic mass is 9.69. The van der Waals surface area contributed by atoms with Gasteiger partial charge in [0, 0.05) is 4.88 Å². The van der Waals surface area contributed by atoms with Crippen LogP contribution in [0.2, 0.25) is 0 Å². The van der Waals surface area contributed by atoms with E-state index in [4.69, 9.17) is 0 Å². The molecule has 2 aromatic heterocycles. The molecule has 2 aliphatic rings. The molecule has 0 amide bonds. The number of aromatic nitrogens is 2. The Morgan fingerprint density at radius 1 is 1.21 bits per heavy atom. The van der Waals surface area contributed by atoms with Crippen LogP contribution in [0, 0.1) is 17.3 Å². The molecule has 4 heteroatoms. The number of rotatable bonds is 4. The molecule has 0 saturated heterocycles. The van der Waals surface area contributed by atoms with Crippen molar-refractivity contribution in [3.05, 3.63) is 23.1 Å². The Hall–Kier alpha value is -0.870. The molecular formula is C20H30N2OS. The first-order valence-corrected chi connectivity index (χ1v) is 10.4. The Bertz CT molecular complexity index is 699. The van der Waals surface area contributed by atoms with E-state index in [0.29, 0.717) is 17.3 Å². The Morgan fingerprint density at radius 2 is 1.92 bits per heavy atom. The molecule has 1 unspecified atom stereocenters. The monoisotopic (exact) mass is 346 g/mol. The van der Waals surface area contributed by atoms with Gasteiger partial charge in [-0.1, -0.05) is 33.6 Å². The maximum Gasteiger partial charge on any atom is 0.120 e. The normalized spacial score (nSPS) is 26.8. The van der Waals surface area contributed by atoms with Crippen LogP contribution in [0.25, 0.3) is 4.83 Å². The Morgan fingerprint density at radius 3 is 2.54 bits per heavy atom. The third-order valence-corrected chi connectivity index (χ3v) is 7.50. The van der Waals surface area contributed by atoms with Gasteiger partial charge in [-0.3, -0.25) is 4.40 Å². The van der Waals surface area contributed by atoms with Gasteiger partial charge in [0.15, 0.2) is 0 Å². The van der Waals surface area contributed by atoms with E-state index in [0.717, 1.165) is 18.0 Å². The molecule has 132 valence electrons. The van der Waals surface area contributed by atoms with Crippen LogP contribution in [0.4, 0.5) is 0 Å². The minimum Gasteiger partial charge on any atom is -0.387 e. The highest BCUT2D eigenvalue weighted by atomic mass is 32.1. The number of hydrogen-bond acceptors (Lipinski definition) is 3. The molecule has 1 N–H and O–H groups in total. The van der Waals surface area contributed by atoms with Crippen LogP contribution in [0.3, 0.4) is 0 Å². The largest absolute Gasteiger partial charge is 0.387 e. The highest BCUT2D eigenvalue weighted by Crippen LogP contribution is 2.48. The summed E-state index contributed by atoms with van der Waals surface area (Å²) in [5.74, 6) is 2.20. The van der Waals surface area contributed by atoms with Crippen LogP contribution in [-0.4, -0.2) is 14.5 Å². The number of fused-ring (bicyclic) bond motifs is 1. The Balaban J connectivity index is 1.46. The highest BCUT2D eigenvalue weighted by Gasteiger charge is 2.34. The number of aliphatic hydroxyl groups excluding tert-OH is 1. The third kappa shape index (κ3) is 3.15. The van der Waals surface area contributed by atoms with Gasteiger partial charge in [0.2, 0.25) is 0 Å². The molecule has 4 rings (SSSR count). The first-order chi connectivity index (χ1) is 11.4. The molecule has 0 aromatic carbocycles. The van der Waals surface area contributed by atoms with Gasteiger partial charge in [-0.2, -0.15) is 0 Å². The Labute approximate surface area is 149 Å². The molecule has 3 nitrogen and oxygen atoms in total. The summed E-state index contributed by atoms with van der Waals surface area (Å²) >= 11 is 1.84. The lowest BCUT2D eigenvalue weighted by Crippen LogP contribution is -2.26. The second kappa shape index (κ2) is 6.14.